The van der Waals surface area contributed by atoms with Crippen molar-refractivity contribution >= 4 is 5.82 Å². The Morgan fingerprint density at radius 1 is 1.08 bits per heavy atom. The maximum Gasteiger partial charge on any atom is 0.128 e. The van der Waals surface area contributed by atoms with E-state index in [1.165, 1.54) is 31.2 Å². The first-order valence-corrected chi connectivity index (χ1v) is 9.24. The second kappa shape index (κ2) is 8.84. The van der Waals surface area contributed by atoms with Crippen LogP contribution in [0.1, 0.15) is 31.7 Å². The summed E-state index contributed by atoms with van der Waals surface area (Å²) in [5.41, 5.74) is 1.45. The Hall–Kier alpha value is -1.87. The first kappa shape index (κ1) is 17.0. The average molecular weight is 323 g/mol. The summed E-state index contributed by atoms with van der Waals surface area (Å²) < 4.78 is 0. The molecular formula is C21H29N3. The highest BCUT2D eigenvalue weighted by Gasteiger charge is 2.19. The molecule has 3 heteroatoms. The number of hydrogen-bond acceptors (Lipinski definition) is 3. The molecule has 2 aromatic rings. The Morgan fingerprint density at radius 2 is 1.83 bits per heavy atom. The number of rotatable bonds is 7. The van der Waals surface area contributed by atoms with E-state index in [0.717, 1.165) is 31.4 Å². The summed E-state index contributed by atoms with van der Waals surface area (Å²) in [6.07, 6.45) is 6.74. The molecule has 0 amide bonds. The fraction of sp³-hybridized carbons (Fsp3) is 0.476. The molecule has 128 valence electrons. The van der Waals surface area contributed by atoms with Gasteiger partial charge in [-0.2, -0.15) is 0 Å². The van der Waals surface area contributed by atoms with Gasteiger partial charge in [-0.05, 0) is 55.8 Å². The third-order valence-electron chi connectivity index (χ3n) is 4.99. The van der Waals surface area contributed by atoms with Gasteiger partial charge < -0.3 is 10.2 Å². The van der Waals surface area contributed by atoms with Gasteiger partial charge in [0.1, 0.15) is 5.82 Å². The van der Waals surface area contributed by atoms with E-state index in [0.29, 0.717) is 6.04 Å². The molecule has 3 nitrogen and oxygen atoms in total. The summed E-state index contributed by atoms with van der Waals surface area (Å²) in [5.74, 6) is 1.84. The normalized spacial score (nSPS) is 17.0. The van der Waals surface area contributed by atoms with Crippen LogP contribution in [0.5, 0.6) is 0 Å². The predicted octanol–water partition coefficient (Wildman–Crippen LogP) is 3.91. The van der Waals surface area contributed by atoms with E-state index in [9.17, 15) is 0 Å². The Labute approximate surface area is 146 Å². The third-order valence-corrected chi connectivity index (χ3v) is 4.99. The zero-order chi connectivity index (χ0) is 16.6. The minimum absolute atomic E-state index is 0.657. The van der Waals surface area contributed by atoms with Crippen LogP contribution in [0.15, 0.2) is 54.7 Å². The van der Waals surface area contributed by atoms with Crippen LogP contribution in [0.2, 0.25) is 0 Å². The number of hydrogen-bond donors (Lipinski definition) is 1. The Bertz CT molecular complexity index is 577. The van der Waals surface area contributed by atoms with Crippen molar-refractivity contribution in [3.8, 4) is 0 Å². The van der Waals surface area contributed by atoms with Crippen LogP contribution in [0.25, 0.3) is 0 Å². The monoisotopic (exact) mass is 323 g/mol. The predicted molar refractivity (Wildman–Crippen MR) is 101 cm³/mol. The molecule has 3 rings (SSSR count). The fourth-order valence-electron chi connectivity index (χ4n) is 3.38. The van der Waals surface area contributed by atoms with Gasteiger partial charge in [-0.1, -0.05) is 43.3 Å². The molecular weight excluding hydrogens is 294 g/mol. The quantitative estimate of drug-likeness (QED) is 0.837. The Balaban J connectivity index is 1.34. The van der Waals surface area contributed by atoms with Crippen molar-refractivity contribution in [1.82, 2.24) is 10.3 Å². The number of pyridine rings is 1. The van der Waals surface area contributed by atoms with E-state index in [4.69, 9.17) is 0 Å². The van der Waals surface area contributed by atoms with Gasteiger partial charge in [-0.15, -0.1) is 0 Å². The SMILES string of the molecule is C[C@H](CCc1ccccc1)CNC1CCN(c2ccccn2)CC1. The van der Waals surface area contributed by atoms with E-state index >= 15 is 0 Å². The highest BCUT2D eigenvalue weighted by molar-refractivity contribution is 5.38. The summed E-state index contributed by atoms with van der Waals surface area (Å²) in [4.78, 5) is 6.86. The Morgan fingerprint density at radius 3 is 2.54 bits per heavy atom. The van der Waals surface area contributed by atoms with Gasteiger partial charge in [-0.25, -0.2) is 4.98 Å². The molecule has 1 aliphatic heterocycles. The minimum Gasteiger partial charge on any atom is -0.357 e. The zero-order valence-electron chi connectivity index (χ0n) is 14.7. The molecule has 0 aliphatic carbocycles. The number of aromatic nitrogens is 1. The highest BCUT2D eigenvalue weighted by Crippen LogP contribution is 2.17. The summed E-state index contributed by atoms with van der Waals surface area (Å²) in [6.45, 7) is 5.69. The number of nitrogens with zero attached hydrogens (tertiary/aromatic N) is 2. The van der Waals surface area contributed by atoms with Crippen molar-refractivity contribution in [2.24, 2.45) is 5.92 Å². The van der Waals surface area contributed by atoms with Gasteiger partial charge in [-0.3, -0.25) is 0 Å². The van der Waals surface area contributed by atoms with Crippen LogP contribution >= 0.6 is 0 Å². The first-order chi connectivity index (χ1) is 11.8. The van der Waals surface area contributed by atoms with Gasteiger partial charge >= 0.3 is 0 Å². The average Bonchev–Trinajstić information content (AvgIpc) is 2.67. The number of anilines is 1. The van der Waals surface area contributed by atoms with Crippen LogP contribution in [0.4, 0.5) is 5.82 Å². The lowest BCUT2D eigenvalue weighted by atomic mass is 9.99. The number of piperidine rings is 1. The molecule has 1 aromatic heterocycles. The zero-order valence-corrected chi connectivity index (χ0v) is 14.7. The third kappa shape index (κ3) is 5.07. The molecule has 0 spiro atoms. The molecule has 1 N–H and O–H groups in total. The van der Waals surface area contributed by atoms with Crippen LogP contribution in [-0.2, 0) is 6.42 Å². The van der Waals surface area contributed by atoms with Crippen molar-refractivity contribution < 1.29 is 0 Å². The lowest BCUT2D eigenvalue weighted by molar-refractivity contribution is 0.375. The number of benzene rings is 1. The van der Waals surface area contributed by atoms with E-state index < -0.39 is 0 Å². The lowest BCUT2D eigenvalue weighted by Gasteiger charge is -2.33. The fourth-order valence-corrected chi connectivity index (χ4v) is 3.38. The molecule has 1 aromatic carbocycles. The van der Waals surface area contributed by atoms with E-state index in [2.05, 4.69) is 64.6 Å². The summed E-state index contributed by atoms with van der Waals surface area (Å²) >= 11 is 0. The second-order valence-electron chi connectivity index (χ2n) is 6.99. The summed E-state index contributed by atoms with van der Waals surface area (Å²) in [5, 5.41) is 3.78. The number of aryl methyl sites for hydroxylation is 1. The van der Waals surface area contributed by atoms with E-state index in [1.807, 2.05) is 12.3 Å². The van der Waals surface area contributed by atoms with Gasteiger partial charge in [0, 0.05) is 25.3 Å². The van der Waals surface area contributed by atoms with Crippen LogP contribution in [-0.4, -0.2) is 30.7 Å². The molecule has 0 radical (unpaired) electrons. The topological polar surface area (TPSA) is 28.2 Å². The molecule has 1 fully saturated rings. The van der Waals surface area contributed by atoms with Crippen molar-refractivity contribution in [3.63, 3.8) is 0 Å². The maximum absolute atomic E-state index is 4.46. The van der Waals surface area contributed by atoms with E-state index in [1.54, 1.807) is 0 Å². The molecule has 0 saturated carbocycles. The molecule has 2 heterocycles. The standard InChI is InChI=1S/C21H29N3/c1-18(10-11-19-7-3-2-4-8-19)17-23-20-12-15-24(16-13-20)21-9-5-6-14-22-21/h2-9,14,18,20,23H,10-13,15-17H2,1H3/t18-/m1/s1. The summed E-state index contributed by atoms with van der Waals surface area (Å²) in [7, 11) is 0. The van der Waals surface area contributed by atoms with E-state index in [-0.39, 0.29) is 0 Å². The first-order valence-electron chi connectivity index (χ1n) is 9.24. The van der Waals surface area contributed by atoms with Gasteiger partial charge in [0.05, 0.1) is 0 Å². The minimum atomic E-state index is 0.657. The smallest absolute Gasteiger partial charge is 0.128 e. The van der Waals surface area contributed by atoms with Crippen molar-refractivity contribution in [2.45, 2.75) is 38.6 Å². The molecule has 24 heavy (non-hydrogen) atoms. The van der Waals surface area contributed by atoms with Crippen LogP contribution < -0.4 is 10.2 Å². The van der Waals surface area contributed by atoms with Crippen LogP contribution in [0, 0.1) is 5.92 Å². The van der Waals surface area contributed by atoms with Gasteiger partial charge in [0.15, 0.2) is 0 Å². The van der Waals surface area contributed by atoms with Crippen molar-refractivity contribution in [2.75, 3.05) is 24.5 Å². The molecule has 1 saturated heterocycles. The van der Waals surface area contributed by atoms with Crippen molar-refractivity contribution in [3.05, 3.63) is 60.3 Å². The number of nitrogens with one attached hydrogen (secondary N) is 1. The van der Waals surface area contributed by atoms with Crippen LogP contribution in [0.3, 0.4) is 0 Å². The molecule has 1 aliphatic rings. The summed E-state index contributed by atoms with van der Waals surface area (Å²) in [6, 6.07) is 17.6. The Kier molecular flexibility index (Phi) is 6.25. The molecule has 1 atom stereocenters. The molecule has 0 unspecified atom stereocenters. The lowest BCUT2D eigenvalue weighted by Crippen LogP contribution is -2.44. The van der Waals surface area contributed by atoms with Gasteiger partial charge in [0.2, 0.25) is 0 Å². The largest absolute Gasteiger partial charge is 0.357 e. The van der Waals surface area contributed by atoms with Crippen molar-refractivity contribution in [1.29, 1.82) is 0 Å². The van der Waals surface area contributed by atoms with Gasteiger partial charge in [0.25, 0.3) is 0 Å². The maximum atomic E-state index is 4.46. The second-order valence-corrected chi connectivity index (χ2v) is 6.99. The highest BCUT2D eigenvalue weighted by atomic mass is 15.2. The molecule has 0 bridgehead atoms.